The number of rotatable bonds is 1. The van der Waals surface area contributed by atoms with Crippen LogP contribution in [-0.4, -0.2) is 0 Å². The maximum atomic E-state index is 12.2. The zero-order valence-electron chi connectivity index (χ0n) is 8.33. The van der Waals surface area contributed by atoms with E-state index in [0.717, 1.165) is 5.92 Å². The molecule has 1 aromatic carbocycles. The first-order valence-electron chi connectivity index (χ1n) is 4.92. The van der Waals surface area contributed by atoms with Gasteiger partial charge in [0.15, 0.2) is 0 Å². The monoisotopic (exact) mass is 191 g/mol. The standard InChI is InChI=1S/C7H4FN.C5H10/c8-7-3-1-2-6(4-7)5-9;1-2-5-3-4-5/h1-4H;5H,2-4H2,1H3. The molecule has 0 aromatic heterocycles. The largest absolute Gasteiger partial charge is 0.207 e. The van der Waals surface area contributed by atoms with Gasteiger partial charge in [-0.15, -0.1) is 0 Å². The lowest BCUT2D eigenvalue weighted by atomic mass is 10.2. The SMILES string of the molecule is CCC1CC1.N#Cc1cccc(F)c1. The molecule has 74 valence electrons. The highest BCUT2D eigenvalue weighted by Crippen LogP contribution is 2.31. The third kappa shape index (κ3) is 4.04. The lowest BCUT2D eigenvalue weighted by molar-refractivity contribution is 0.627. The van der Waals surface area contributed by atoms with Crippen molar-refractivity contribution >= 4 is 0 Å². The number of halogens is 1. The van der Waals surface area contributed by atoms with Crippen molar-refractivity contribution in [3.63, 3.8) is 0 Å². The van der Waals surface area contributed by atoms with Gasteiger partial charge in [0.2, 0.25) is 0 Å². The molecule has 0 N–H and O–H groups in total. The second kappa shape index (κ2) is 5.39. The van der Waals surface area contributed by atoms with Crippen LogP contribution in [0.5, 0.6) is 0 Å². The molecule has 1 saturated carbocycles. The van der Waals surface area contributed by atoms with Crippen molar-refractivity contribution in [3.8, 4) is 6.07 Å². The van der Waals surface area contributed by atoms with Gasteiger partial charge in [0.25, 0.3) is 0 Å². The van der Waals surface area contributed by atoms with Gasteiger partial charge in [-0.3, -0.25) is 0 Å². The van der Waals surface area contributed by atoms with Gasteiger partial charge in [0.05, 0.1) is 11.6 Å². The van der Waals surface area contributed by atoms with Crippen molar-refractivity contribution in [2.75, 3.05) is 0 Å². The van der Waals surface area contributed by atoms with Crippen LogP contribution in [0.3, 0.4) is 0 Å². The highest BCUT2D eigenvalue weighted by molar-refractivity contribution is 5.28. The molecular weight excluding hydrogens is 177 g/mol. The van der Waals surface area contributed by atoms with E-state index >= 15 is 0 Å². The Labute approximate surface area is 84.2 Å². The smallest absolute Gasteiger partial charge is 0.124 e. The Balaban J connectivity index is 0.000000165. The van der Waals surface area contributed by atoms with Crippen LogP contribution in [0.15, 0.2) is 24.3 Å². The Morgan fingerprint density at radius 1 is 1.50 bits per heavy atom. The van der Waals surface area contributed by atoms with E-state index < -0.39 is 0 Å². The summed E-state index contributed by atoms with van der Waals surface area (Å²) in [6, 6.07) is 7.40. The minimum Gasteiger partial charge on any atom is -0.207 e. The summed E-state index contributed by atoms with van der Waals surface area (Å²) < 4.78 is 12.2. The summed E-state index contributed by atoms with van der Waals surface area (Å²) in [5.74, 6) is 0.768. The third-order valence-electron chi connectivity index (χ3n) is 2.23. The number of nitriles is 1. The van der Waals surface area contributed by atoms with Crippen molar-refractivity contribution in [1.29, 1.82) is 5.26 Å². The molecule has 1 aliphatic rings. The van der Waals surface area contributed by atoms with Crippen molar-refractivity contribution < 1.29 is 4.39 Å². The predicted octanol–water partition coefficient (Wildman–Crippen LogP) is 3.50. The molecular formula is C12H14FN. The zero-order chi connectivity index (χ0) is 10.4. The number of benzene rings is 1. The first-order valence-corrected chi connectivity index (χ1v) is 4.92. The van der Waals surface area contributed by atoms with Crippen molar-refractivity contribution in [2.45, 2.75) is 26.2 Å². The van der Waals surface area contributed by atoms with E-state index in [1.54, 1.807) is 6.07 Å². The van der Waals surface area contributed by atoms with Crippen LogP contribution in [-0.2, 0) is 0 Å². The molecule has 1 nitrogen and oxygen atoms in total. The number of hydrogen-bond donors (Lipinski definition) is 0. The van der Waals surface area contributed by atoms with Gasteiger partial charge in [-0.25, -0.2) is 4.39 Å². The molecule has 0 spiro atoms. The Morgan fingerprint density at radius 3 is 2.50 bits per heavy atom. The molecule has 1 fully saturated rings. The summed E-state index contributed by atoms with van der Waals surface area (Å²) in [4.78, 5) is 0. The minimum absolute atomic E-state index is 0.356. The molecule has 1 aromatic rings. The molecule has 2 rings (SSSR count). The Hall–Kier alpha value is -1.36. The van der Waals surface area contributed by atoms with E-state index in [2.05, 4.69) is 6.92 Å². The van der Waals surface area contributed by atoms with Crippen molar-refractivity contribution in [2.24, 2.45) is 5.92 Å². The Kier molecular flexibility index (Phi) is 4.12. The van der Waals surface area contributed by atoms with Crippen molar-refractivity contribution in [1.82, 2.24) is 0 Å². The summed E-state index contributed by atoms with van der Waals surface area (Å²) in [6.45, 7) is 2.26. The van der Waals surface area contributed by atoms with E-state index in [1.807, 2.05) is 6.07 Å². The predicted molar refractivity (Wildman–Crippen MR) is 54.1 cm³/mol. The first-order chi connectivity index (χ1) is 6.76. The Bertz CT molecular complexity index is 323. The van der Waals surface area contributed by atoms with Crippen LogP contribution in [0.2, 0.25) is 0 Å². The average molecular weight is 191 g/mol. The fourth-order valence-electron chi connectivity index (χ4n) is 1.08. The van der Waals surface area contributed by atoms with Crippen LogP contribution < -0.4 is 0 Å². The molecule has 0 radical (unpaired) electrons. The van der Waals surface area contributed by atoms with Gasteiger partial charge in [-0.05, 0) is 24.1 Å². The average Bonchev–Trinajstić information content (AvgIpc) is 3.02. The van der Waals surface area contributed by atoms with Gasteiger partial charge in [0, 0.05) is 0 Å². The molecule has 0 atom stereocenters. The van der Waals surface area contributed by atoms with E-state index in [9.17, 15) is 4.39 Å². The second-order valence-corrected chi connectivity index (χ2v) is 3.47. The van der Waals surface area contributed by atoms with E-state index in [0.29, 0.717) is 5.56 Å². The zero-order valence-corrected chi connectivity index (χ0v) is 8.33. The fourth-order valence-corrected chi connectivity index (χ4v) is 1.08. The summed E-state index contributed by atoms with van der Waals surface area (Å²) in [5.41, 5.74) is 0.356. The molecule has 0 amide bonds. The van der Waals surface area contributed by atoms with Gasteiger partial charge in [-0.2, -0.15) is 5.26 Å². The van der Waals surface area contributed by atoms with Crippen LogP contribution >= 0.6 is 0 Å². The molecule has 0 bridgehead atoms. The van der Waals surface area contributed by atoms with Gasteiger partial charge in [-0.1, -0.05) is 32.3 Å². The second-order valence-electron chi connectivity index (χ2n) is 3.47. The summed E-state index contributed by atoms with van der Waals surface area (Å²) in [5, 5.41) is 8.25. The topological polar surface area (TPSA) is 23.8 Å². The summed E-state index contributed by atoms with van der Waals surface area (Å²) in [7, 11) is 0. The lowest BCUT2D eigenvalue weighted by Gasteiger charge is -1.85. The molecule has 0 heterocycles. The molecule has 0 aliphatic heterocycles. The Morgan fingerprint density at radius 2 is 2.21 bits per heavy atom. The number of hydrogen-bond acceptors (Lipinski definition) is 1. The molecule has 1 aliphatic carbocycles. The van der Waals surface area contributed by atoms with Gasteiger partial charge < -0.3 is 0 Å². The molecule has 2 heteroatoms. The van der Waals surface area contributed by atoms with Crippen molar-refractivity contribution in [3.05, 3.63) is 35.6 Å². The summed E-state index contributed by atoms with van der Waals surface area (Å²) in [6.07, 6.45) is 4.44. The minimum atomic E-state index is -0.367. The molecule has 0 saturated heterocycles. The third-order valence-corrected chi connectivity index (χ3v) is 2.23. The first kappa shape index (κ1) is 10.7. The van der Waals surface area contributed by atoms with E-state index in [4.69, 9.17) is 5.26 Å². The molecule has 14 heavy (non-hydrogen) atoms. The summed E-state index contributed by atoms with van der Waals surface area (Å²) >= 11 is 0. The highest BCUT2D eigenvalue weighted by Gasteiger charge is 2.17. The normalized spacial score (nSPS) is 13.8. The fraction of sp³-hybridized carbons (Fsp3) is 0.417. The van der Waals surface area contributed by atoms with E-state index in [-0.39, 0.29) is 5.82 Å². The van der Waals surface area contributed by atoms with Crippen LogP contribution in [0, 0.1) is 23.1 Å². The number of nitrogens with zero attached hydrogens (tertiary/aromatic N) is 1. The van der Waals surface area contributed by atoms with E-state index in [1.165, 1.54) is 37.5 Å². The molecule has 0 unspecified atom stereocenters. The quantitative estimate of drug-likeness (QED) is 0.666. The maximum absolute atomic E-state index is 12.2. The van der Waals surface area contributed by atoms with Gasteiger partial charge in [0.1, 0.15) is 5.82 Å². The van der Waals surface area contributed by atoms with Crippen LogP contribution in [0.25, 0.3) is 0 Å². The highest BCUT2D eigenvalue weighted by atomic mass is 19.1. The van der Waals surface area contributed by atoms with Crippen LogP contribution in [0.4, 0.5) is 4.39 Å². The maximum Gasteiger partial charge on any atom is 0.124 e. The van der Waals surface area contributed by atoms with Gasteiger partial charge >= 0.3 is 0 Å². The van der Waals surface area contributed by atoms with Crippen LogP contribution in [0.1, 0.15) is 31.7 Å². The lowest BCUT2D eigenvalue weighted by Crippen LogP contribution is -1.74.